The first-order valence-corrected chi connectivity index (χ1v) is 6.38. The molecule has 0 bridgehead atoms. The highest BCUT2D eigenvalue weighted by atomic mass is 16.6. The van der Waals surface area contributed by atoms with Crippen molar-refractivity contribution in [2.24, 2.45) is 5.92 Å². The third-order valence-electron chi connectivity index (χ3n) is 3.57. The van der Waals surface area contributed by atoms with E-state index in [4.69, 9.17) is 4.74 Å². The Hall–Kier alpha value is -1.91. The van der Waals surface area contributed by atoms with Crippen molar-refractivity contribution in [3.63, 3.8) is 0 Å². The normalized spacial score (nSPS) is 23.1. The number of esters is 1. The smallest absolute Gasteiger partial charge is 0.334 e. The van der Waals surface area contributed by atoms with Crippen LogP contribution in [0.15, 0.2) is 30.6 Å². The predicted octanol–water partition coefficient (Wildman–Crippen LogP) is 2.19. The molecule has 1 aromatic rings. The van der Waals surface area contributed by atoms with Crippen LogP contribution in [0.4, 0.5) is 0 Å². The molecule has 2 rings (SSSR count). The van der Waals surface area contributed by atoms with Crippen molar-refractivity contribution in [3.8, 4) is 0 Å². The summed E-state index contributed by atoms with van der Waals surface area (Å²) in [5.74, 6) is -0.257. The molecule has 0 radical (unpaired) electrons. The van der Waals surface area contributed by atoms with Crippen molar-refractivity contribution in [1.82, 2.24) is 9.97 Å². The van der Waals surface area contributed by atoms with Crippen LogP contribution in [0, 0.1) is 5.92 Å². The van der Waals surface area contributed by atoms with Gasteiger partial charge >= 0.3 is 5.97 Å². The maximum atomic E-state index is 11.5. The Bertz CT molecular complexity index is 485. The molecule has 102 valence electrons. The van der Waals surface area contributed by atoms with Gasteiger partial charge in [-0.15, -0.1) is 0 Å². The standard InChI is InChI=1S/C14H18N2O3/c1-10(2)14(6-12(17)5-13(18)19-14)4-3-11-7-15-9-16-8-11/h5,7-10,17H,3-4,6H2,1-2H3. The van der Waals surface area contributed by atoms with Crippen molar-refractivity contribution < 1.29 is 14.6 Å². The fourth-order valence-corrected chi connectivity index (χ4v) is 2.32. The number of hydrogen-bond acceptors (Lipinski definition) is 5. The minimum absolute atomic E-state index is 0.0919. The number of ether oxygens (including phenoxy) is 1. The largest absolute Gasteiger partial charge is 0.512 e. The van der Waals surface area contributed by atoms with E-state index >= 15 is 0 Å². The highest BCUT2D eigenvalue weighted by molar-refractivity contribution is 5.83. The maximum absolute atomic E-state index is 11.5. The summed E-state index contributed by atoms with van der Waals surface area (Å²) in [6, 6.07) is 0. The molecule has 5 heteroatoms. The molecule has 0 saturated heterocycles. The second-order valence-electron chi connectivity index (χ2n) is 5.20. The van der Waals surface area contributed by atoms with Gasteiger partial charge < -0.3 is 9.84 Å². The molecule has 0 amide bonds. The molecule has 0 fully saturated rings. The molecule has 19 heavy (non-hydrogen) atoms. The Labute approximate surface area is 112 Å². The van der Waals surface area contributed by atoms with E-state index in [1.54, 1.807) is 12.4 Å². The van der Waals surface area contributed by atoms with Crippen LogP contribution in [0.2, 0.25) is 0 Å². The SMILES string of the molecule is CC(C)C1(CCc2cncnc2)CC(O)=CC(=O)O1. The molecule has 1 aliphatic rings. The molecule has 2 heterocycles. The summed E-state index contributed by atoms with van der Waals surface area (Å²) in [6.07, 6.45) is 7.84. The van der Waals surface area contributed by atoms with Crippen LogP contribution >= 0.6 is 0 Å². The molecule has 1 N–H and O–H groups in total. The number of aromatic nitrogens is 2. The highest BCUT2D eigenvalue weighted by Crippen LogP contribution is 2.36. The fraction of sp³-hybridized carbons (Fsp3) is 0.500. The molecule has 0 saturated carbocycles. The zero-order valence-corrected chi connectivity index (χ0v) is 11.2. The van der Waals surface area contributed by atoms with Crippen molar-refractivity contribution in [2.75, 3.05) is 0 Å². The third-order valence-corrected chi connectivity index (χ3v) is 3.57. The van der Waals surface area contributed by atoms with E-state index in [0.717, 1.165) is 11.6 Å². The van der Waals surface area contributed by atoms with E-state index in [1.807, 2.05) is 13.8 Å². The minimum Gasteiger partial charge on any atom is -0.512 e. The average Bonchev–Trinajstić information content (AvgIpc) is 2.36. The molecule has 0 aliphatic carbocycles. The number of hydrogen-bond donors (Lipinski definition) is 1. The van der Waals surface area contributed by atoms with Crippen molar-refractivity contribution in [1.29, 1.82) is 0 Å². The Morgan fingerprint density at radius 1 is 1.42 bits per heavy atom. The number of carbonyl (C=O) groups excluding carboxylic acids is 1. The van der Waals surface area contributed by atoms with Gasteiger partial charge in [0.2, 0.25) is 0 Å². The summed E-state index contributed by atoms with van der Waals surface area (Å²) in [6.45, 7) is 3.99. The Kier molecular flexibility index (Phi) is 3.83. The molecule has 0 spiro atoms. The van der Waals surface area contributed by atoms with Crippen LogP contribution in [-0.2, 0) is 16.0 Å². The number of rotatable bonds is 4. The first kappa shape index (κ1) is 13.5. The van der Waals surface area contributed by atoms with Gasteiger partial charge in [-0.2, -0.15) is 0 Å². The molecule has 1 aliphatic heterocycles. The lowest BCUT2D eigenvalue weighted by Gasteiger charge is -2.38. The fourth-order valence-electron chi connectivity index (χ4n) is 2.32. The Morgan fingerprint density at radius 2 is 2.11 bits per heavy atom. The van der Waals surface area contributed by atoms with E-state index in [0.29, 0.717) is 19.3 Å². The first-order valence-electron chi connectivity index (χ1n) is 6.38. The third kappa shape index (κ3) is 3.10. The first-order chi connectivity index (χ1) is 9.02. The number of aliphatic hydroxyl groups excluding tert-OH is 1. The molecular formula is C14H18N2O3. The lowest BCUT2D eigenvalue weighted by atomic mass is 9.80. The number of nitrogens with zero attached hydrogens (tertiary/aromatic N) is 2. The quantitative estimate of drug-likeness (QED) is 0.842. The molecule has 0 aromatic carbocycles. The van der Waals surface area contributed by atoms with Gasteiger partial charge in [-0.3, -0.25) is 0 Å². The van der Waals surface area contributed by atoms with Crippen LogP contribution in [-0.4, -0.2) is 26.6 Å². The molecule has 5 nitrogen and oxygen atoms in total. The molecule has 1 unspecified atom stereocenters. The summed E-state index contributed by atoms with van der Waals surface area (Å²) in [5.41, 5.74) is 0.346. The van der Waals surface area contributed by atoms with Crippen molar-refractivity contribution in [3.05, 3.63) is 36.1 Å². The molecular weight excluding hydrogens is 244 g/mol. The van der Waals surface area contributed by atoms with Gasteiger partial charge in [-0.05, 0) is 24.3 Å². The lowest BCUT2D eigenvalue weighted by molar-refractivity contribution is -0.163. The van der Waals surface area contributed by atoms with E-state index < -0.39 is 11.6 Å². The van der Waals surface area contributed by atoms with E-state index in [9.17, 15) is 9.90 Å². The van der Waals surface area contributed by atoms with Gasteiger partial charge in [0.15, 0.2) is 0 Å². The number of aryl methyl sites for hydroxylation is 1. The van der Waals surface area contributed by atoms with Crippen molar-refractivity contribution >= 4 is 5.97 Å². The van der Waals surface area contributed by atoms with Gasteiger partial charge in [0.1, 0.15) is 17.7 Å². The zero-order chi connectivity index (χ0) is 13.9. The summed E-state index contributed by atoms with van der Waals surface area (Å²) in [7, 11) is 0. The second kappa shape index (κ2) is 5.38. The van der Waals surface area contributed by atoms with E-state index in [1.165, 1.54) is 6.33 Å². The number of carbonyl (C=O) groups is 1. The second-order valence-corrected chi connectivity index (χ2v) is 5.20. The highest BCUT2D eigenvalue weighted by Gasteiger charge is 2.41. The van der Waals surface area contributed by atoms with Gasteiger partial charge in [0.25, 0.3) is 0 Å². The van der Waals surface area contributed by atoms with Gasteiger partial charge in [0, 0.05) is 18.8 Å². The molecule has 1 atom stereocenters. The molecule has 1 aromatic heterocycles. The number of aliphatic hydroxyl groups is 1. The van der Waals surface area contributed by atoms with E-state index in [-0.39, 0.29) is 11.7 Å². The predicted molar refractivity (Wildman–Crippen MR) is 69.3 cm³/mol. The van der Waals surface area contributed by atoms with Crippen LogP contribution in [0.3, 0.4) is 0 Å². The van der Waals surface area contributed by atoms with Crippen LogP contribution in [0.5, 0.6) is 0 Å². The summed E-state index contributed by atoms with van der Waals surface area (Å²) in [5, 5.41) is 9.70. The van der Waals surface area contributed by atoms with Crippen LogP contribution in [0.25, 0.3) is 0 Å². The van der Waals surface area contributed by atoms with Crippen LogP contribution < -0.4 is 0 Å². The number of cyclic esters (lactones) is 1. The Morgan fingerprint density at radius 3 is 2.68 bits per heavy atom. The summed E-state index contributed by atoms with van der Waals surface area (Å²) in [4.78, 5) is 19.5. The van der Waals surface area contributed by atoms with Gasteiger partial charge in [0.05, 0.1) is 6.08 Å². The lowest BCUT2D eigenvalue weighted by Crippen LogP contribution is -2.43. The zero-order valence-electron chi connectivity index (χ0n) is 11.2. The minimum atomic E-state index is -0.647. The summed E-state index contributed by atoms with van der Waals surface area (Å²) >= 11 is 0. The van der Waals surface area contributed by atoms with Crippen molar-refractivity contribution in [2.45, 2.75) is 38.7 Å². The topological polar surface area (TPSA) is 72.3 Å². The van der Waals surface area contributed by atoms with Crippen LogP contribution in [0.1, 0.15) is 32.3 Å². The van der Waals surface area contributed by atoms with Gasteiger partial charge in [-0.1, -0.05) is 13.8 Å². The van der Waals surface area contributed by atoms with E-state index in [2.05, 4.69) is 9.97 Å². The Balaban J connectivity index is 2.13. The average molecular weight is 262 g/mol. The summed E-state index contributed by atoms with van der Waals surface area (Å²) < 4.78 is 5.51. The monoisotopic (exact) mass is 262 g/mol. The van der Waals surface area contributed by atoms with Gasteiger partial charge in [-0.25, -0.2) is 14.8 Å². The maximum Gasteiger partial charge on any atom is 0.334 e.